The van der Waals surface area contributed by atoms with Crippen molar-refractivity contribution in [2.75, 3.05) is 32.9 Å². The third kappa shape index (κ3) is 5.88. The van der Waals surface area contributed by atoms with Crippen molar-refractivity contribution in [3.63, 3.8) is 0 Å². The van der Waals surface area contributed by atoms with Crippen molar-refractivity contribution in [1.29, 1.82) is 0 Å². The molecule has 6 nitrogen and oxygen atoms in total. The van der Waals surface area contributed by atoms with Gasteiger partial charge in [0.2, 0.25) is 5.82 Å². The number of rotatable bonds is 9. The van der Waals surface area contributed by atoms with Gasteiger partial charge >= 0.3 is 6.01 Å². The van der Waals surface area contributed by atoms with Crippen LogP contribution in [0.2, 0.25) is 0 Å². The van der Waals surface area contributed by atoms with E-state index in [9.17, 15) is 13.9 Å². The second kappa shape index (κ2) is 12.1. The fourth-order valence-electron chi connectivity index (χ4n) is 5.44. The van der Waals surface area contributed by atoms with Crippen LogP contribution in [0.4, 0.5) is 13.2 Å². The average molecular weight is 540 g/mol. The summed E-state index contributed by atoms with van der Waals surface area (Å²) in [7, 11) is 0. The first-order valence-electron chi connectivity index (χ1n) is 13.4. The van der Waals surface area contributed by atoms with E-state index in [2.05, 4.69) is 14.9 Å². The minimum Gasteiger partial charge on any atom is -0.508 e. The highest BCUT2D eigenvalue weighted by Gasteiger charge is 2.27. The maximum atomic E-state index is 15.4. The monoisotopic (exact) mass is 539 g/mol. The molecule has 1 aliphatic heterocycles. The van der Waals surface area contributed by atoms with Gasteiger partial charge in [0.25, 0.3) is 0 Å². The van der Waals surface area contributed by atoms with Crippen molar-refractivity contribution in [1.82, 2.24) is 14.9 Å². The number of phenols is 1. The summed E-state index contributed by atoms with van der Waals surface area (Å²) in [6.07, 6.45) is 6.36. The van der Waals surface area contributed by atoms with E-state index >= 15 is 4.39 Å². The van der Waals surface area contributed by atoms with Gasteiger partial charge in [-0.1, -0.05) is 6.07 Å². The van der Waals surface area contributed by atoms with Gasteiger partial charge in [0.15, 0.2) is 11.6 Å². The van der Waals surface area contributed by atoms with Crippen LogP contribution in [0, 0.1) is 11.6 Å². The molecule has 0 bridgehead atoms. The summed E-state index contributed by atoms with van der Waals surface area (Å²) in [5, 5.41) is 10.1. The van der Waals surface area contributed by atoms with Gasteiger partial charge in [0.05, 0.1) is 13.3 Å². The summed E-state index contributed by atoms with van der Waals surface area (Å²) in [4.78, 5) is 11.1. The van der Waals surface area contributed by atoms with Gasteiger partial charge < -0.3 is 14.6 Å². The van der Waals surface area contributed by atoms with Crippen molar-refractivity contribution >= 4 is 11.1 Å². The van der Waals surface area contributed by atoms with E-state index < -0.39 is 11.6 Å². The van der Waals surface area contributed by atoms with Crippen LogP contribution >= 0.6 is 0 Å². The number of nitrogens with zero attached hydrogens (tertiary/aromatic N) is 3. The molecule has 39 heavy (non-hydrogen) atoms. The molecule has 1 aromatic heterocycles. The number of aromatic nitrogens is 2. The van der Waals surface area contributed by atoms with Gasteiger partial charge in [-0.15, -0.1) is 0 Å². The molecule has 1 unspecified atom stereocenters. The van der Waals surface area contributed by atoms with Crippen LogP contribution < -0.4 is 9.47 Å². The van der Waals surface area contributed by atoms with Crippen LogP contribution in [0.1, 0.15) is 54.9 Å². The Labute approximate surface area is 226 Å². The van der Waals surface area contributed by atoms with Gasteiger partial charge in [0, 0.05) is 43.2 Å². The number of allylic oxidation sites excluding steroid dienone is 1. The second-order valence-electron chi connectivity index (χ2n) is 9.85. The largest absolute Gasteiger partial charge is 0.508 e. The SMILES string of the molecule is CCOc1ccc(C2=C(c3cnc(OC4CCN(CCCF)C4)nc3)c3ccc(O)cc3CCC2)c(F)c1F. The Hall–Kier alpha value is -3.59. The lowest BCUT2D eigenvalue weighted by Crippen LogP contribution is -2.26. The number of phenolic OH excluding ortho intramolecular Hbond substituents is 1. The lowest BCUT2D eigenvalue weighted by molar-refractivity contribution is 0.183. The van der Waals surface area contributed by atoms with Crippen LogP contribution in [0.25, 0.3) is 11.1 Å². The molecule has 5 rings (SSSR count). The summed E-state index contributed by atoms with van der Waals surface area (Å²) in [6.45, 7) is 3.84. The van der Waals surface area contributed by atoms with E-state index in [1.165, 1.54) is 6.07 Å². The number of ether oxygens (including phenoxy) is 2. The zero-order valence-corrected chi connectivity index (χ0v) is 21.9. The topological polar surface area (TPSA) is 67.7 Å². The third-order valence-corrected chi connectivity index (χ3v) is 7.23. The fraction of sp³-hybridized carbons (Fsp3) is 0.400. The van der Waals surface area contributed by atoms with E-state index in [0.29, 0.717) is 55.5 Å². The first-order chi connectivity index (χ1) is 19.0. The number of aryl methyl sites for hydroxylation is 1. The number of halogens is 3. The van der Waals surface area contributed by atoms with E-state index in [0.717, 1.165) is 24.1 Å². The molecule has 1 N–H and O–H groups in total. The first kappa shape index (κ1) is 27.0. The molecule has 9 heteroatoms. The molecule has 0 amide bonds. The normalized spacial score (nSPS) is 17.7. The summed E-state index contributed by atoms with van der Waals surface area (Å²) < 4.78 is 54.1. The lowest BCUT2D eigenvalue weighted by atomic mass is 9.88. The molecular weight excluding hydrogens is 507 g/mol. The van der Waals surface area contributed by atoms with Gasteiger partial charge in [-0.3, -0.25) is 9.29 Å². The predicted molar refractivity (Wildman–Crippen MR) is 143 cm³/mol. The van der Waals surface area contributed by atoms with Crippen LogP contribution in [0.5, 0.6) is 17.5 Å². The van der Waals surface area contributed by atoms with Crippen LogP contribution in [-0.4, -0.2) is 59.0 Å². The number of fused-ring (bicyclic) bond motifs is 1. The Morgan fingerprint density at radius 2 is 1.85 bits per heavy atom. The third-order valence-electron chi connectivity index (χ3n) is 7.23. The number of aromatic hydroxyl groups is 1. The Kier molecular flexibility index (Phi) is 8.35. The van der Waals surface area contributed by atoms with Gasteiger partial charge in [-0.25, -0.2) is 14.4 Å². The summed E-state index contributed by atoms with van der Waals surface area (Å²) in [5.41, 5.74) is 3.84. The molecule has 2 heterocycles. The van der Waals surface area contributed by atoms with Crippen molar-refractivity contribution < 1.29 is 27.8 Å². The molecule has 206 valence electrons. The maximum absolute atomic E-state index is 15.4. The highest BCUT2D eigenvalue weighted by Crippen LogP contribution is 2.42. The number of benzene rings is 2. The molecule has 1 fully saturated rings. The number of alkyl halides is 1. The van der Waals surface area contributed by atoms with Crippen molar-refractivity contribution in [2.24, 2.45) is 0 Å². The summed E-state index contributed by atoms with van der Waals surface area (Å²) in [6, 6.07) is 8.33. The van der Waals surface area contributed by atoms with E-state index in [4.69, 9.17) is 9.47 Å². The average Bonchev–Trinajstić information content (AvgIpc) is 3.30. The quantitative estimate of drug-likeness (QED) is 0.362. The van der Waals surface area contributed by atoms with E-state index in [1.807, 2.05) is 0 Å². The summed E-state index contributed by atoms with van der Waals surface area (Å²) >= 11 is 0. The zero-order valence-electron chi connectivity index (χ0n) is 21.9. The van der Waals surface area contributed by atoms with E-state index in [1.54, 1.807) is 43.6 Å². The van der Waals surface area contributed by atoms with E-state index in [-0.39, 0.29) is 42.5 Å². The van der Waals surface area contributed by atoms with Gasteiger partial charge in [0.1, 0.15) is 11.9 Å². The Balaban J connectivity index is 1.51. The number of likely N-dealkylation sites (tertiary alicyclic amines) is 1. The molecule has 0 radical (unpaired) electrons. The van der Waals surface area contributed by atoms with Crippen molar-refractivity contribution in [3.8, 4) is 17.5 Å². The Morgan fingerprint density at radius 1 is 1.05 bits per heavy atom. The Bertz CT molecular complexity index is 1350. The van der Waals surface area contributed by atoms with Gasteiger partial charge in [-0.05, 0) is 85.6 Å². The number of hydrogen-bond donors (Lipinski definition) is 1. The van der Waals surface area contributed by atoms with Gasteiger partial charge in [-0.2, -0.15) is 4.39 Å². The molecule has 2 aromatic carbocycles. The zero-order chi connectivity index (χ0) is 27.4. The highest BCUT2D eigenvalue weighted by atomic mass is 19.2. The summed E-state index contributed by atoms with van der Waals surface area (Å²) in [5.74, 6) is -1.96. The van der Waals surface area contributed by atoms with Crippen LogP contribution in [-0.2, 0) is 6.42 Å². The molecular formula is C30H32F3N3O3. The van der Waals surface area contributed by atoms with Crippen molar-refractivity contribution in [3.05, 3.63) is 76.6 Å². The minimum atomic E-state index is -1.02. The molecule has 1 aliphatic carbocycles. The highest BCUT2D eigenvalue weighted by molar-refractivity contribution is 5.99. The molecule has 1 saturated heterocycles. The molecule has 0 spiro atoms. The maximum Gasteiger partial charge on any atom is 0.316 e. The first-order valence-corrected chi connectivity index (χ1v) is 13.4. The minimum absolute atomic E-state index is 0.0762. The fourth-order valence-corrected chi connectivity index (χ4v) is 5.44. The van der Waals surface area contributed by atoms with Crippen LogP contribution in [0.15, 0.2) is 42.7 Å². The molecule has 1 atom stereocenters. The molecule has 2 aliphatic rings. The molecule has 0 saturated carbocycles. The lowest BCUT2D eigenvalue weighted by Gasteiger charge is -2.18. The smallest absolute Gasteiger partial charge is 0.316 e. The predicted octanol–water partition coefficient (Wildman–Crippen LogP) is 5.97. The number of hydrogen-bond acceptors (Lipinski definition) is 6. The van der Waals surface area contributed by atoms with Crippen molar-refractivity contribution in [2.45, 2.75) is 45.1 Å². The van der Waals surface area contributed by atoms with Crippen LogP contribution in [0.3, 0.4) is 0 Å². The second-order valence-corrected chi connectivity index (χ2v) is 9.85. The molecule has 3 aromatic rings. The Morgan fingerprint density at radius 3 is 2.62 bits per heavy atom. The standard InChI is InChI=1S/C30H32F3N3O3/c1-2-38-26-10-9-25(28(32)29(26)33)24-6-3-5-19-15-21(37)7-8-23(19)27(24)20-16-34-30(35-17-20)39-22-11-14-36(18-22)13-4-12-31/h7-10,15-17,22,37H,2-6,11-14,18H2,1H3.